The molecule has 1 fully saturated rings. The van der Waals surface area contributed by atoms with Gasteiger partial charge in [0.25, 0.3) is 5.91 Å². The summed E-state index contributed by atoms with van der Waals surface area (Å²) < 4.78 is 0. The van der Waals surface area contributed by atoms with Gasteiger partial charge in [-0.3, -0.25) is 14.8 Å². The fraction of sp³-hybridized carbons (Fsp3) is 0.526. The summed E-state index contributed by atoms with van der Waals surface area (Å²) >= 11 is 0. The zero-order valence-corrected chi connectivity index (χ0v) is 15.8. The highest BCUT2D eigenvalue weighted by molar-refractivity contribution is 5.94. The molecule has 1 unspecified atom stereocenters. The number of nitrogens with one attached hydrogen (secondary N) is 2. The van der Waals surface area contributed by atoms with Gasteiger partial charge < -0.3 is 15.6 Å². The molecule has 2 heterocycles. The lowest BCUT2D eigenvalue weighted by Crippen LogP contribution is -2.49. The zero-order chi connectivity index (χ0) is 19.6. The standard InChI is InChI=1S/C19H27N5O3/c1-12-6-7-13-14(11-12)22-17(21-13)19(2)8-10-24(18(19)26)15(16(25)23-27)5-3-4-9-20/h6-7,11,15,27H,3-5,8-10,20H2,1-2H3,(H,21,22)(H,23,25)/t15-,19?/m1/s1. The van der Waals surface area contributed by atoms with Gasteiger partial charge in [-0.1, -0.05) is 6.07 Å². The number of carbonyl (C=O) groups excluding carboxylic acids is 2. The monoisotopic (exact) mass is 373 g/mol. The fourth-order valence-corrected chi connectivity index (χ4v) is 3.76. The van der Waals surface area contributed by atoms with Crippen molar-refractivity contribution in [2.45, 2.75) is 51.0 Å². The summed E-state index contributed by atoms with van der Waals surface area (Å²) in [6.07, 6.45) is 2.48. The average Bonchev–Trinajstić information content (AvgIpc) is 3.21. The van der Waals surface area contributed by atoms with E-state index in [-0.39, 0.29) is 5.91 Å². The SMILES string of the molecule is Cc1ccc2nc(C3(C)CCN([C@H](CCCCN)C(=O)NO)C3=O)[nH]c2c1. The van der Waals surface area contributed by atoms with Crippen molar-refractivity contribution in [3.05, 3.63) is 29.6 Å². The Morgan fingerprint density at radius 3 is 2.96 bits per heavy atom. The third-order valence-corrected chi connectivity index (χ3v) is 5.47. The predicted molar refractivity (Wildman–Crippen MR) is 101 cm³/mol. The van der Waals surface area contributed by atoms with Gasteiger partial charge in [-0.2, -0.15) is 0 Å². The second kappa shape index (κ2) is 7.66. The minimum absolute atomic E-state index is 0.153. The predicted octanol–water partition coefficient (Wildman–Crippen LogP) is 1.36. The molecule has 0 spiro atoms. The number of aromatic amines is 1. The van der Waals surface area contributed by atoms with E-state index in [0.29, 0.717) is 38.2 Å². The van der Waals surface area contributed by atoms with Crippen LogP contribution >= 0.6 is 0 Å². The number of aromatic nitrogens is 2. The molecule has 2 aromatic rings. The third-order valence-electron chi connectivity index (χ3n) is 5.47. The molecule has 1 aromatic carbocycles. The molecule has 146 valence electrons. The van der Waals surface area contributed by atoms with Crippen LogP contribution in [0.2, 0.25) is 0 Å². The van der Waals surface area contributed by atoms with E-state index in [1.54, 1.807) is 10.4 Å². The third kappa shape index (κ3) is 3.54. The van der Waals surface area contributed by atoms with E-state index < -0.39 is 17.4 Å². The number of amides is 2. The number of nitrogens with two attached hydrogens (primary N) is 1. The summed E-state index contributed by atoms with van der Waals surface area (Å²) in [6, 6.07) is 5.21. The fourth-order valence-electron chi connectivity index (χ4n) is 3.76. The highest BCUT2D eigenvalue weighted by atomic mass is 16.5. The van der Waals surface area contributed by atoms with Crippen LogP contribution in [-0.4, -0.2) is 51.0 Å². The number of benzene rings is 1. The first kappa shape index (κ1) is 19.3. The normalized spacial score (nSPS) is 21.0. The summed E-state index contributed by atoms with van der Waals surface area (Å²) in [6.45, 7) is 4.82. The number of rotatable bonds is 7. The molecule has 1 saturated heterocycles. The van der Waals surface area contributed by atoms with Gasteiger partial charge in [-0.05, 0) is 63.8 Å². The number of aryl methyl sites for hydroxylation is 1. The Balaban J connectivity index is 1.87. The first-order chi connectivity index (χ1) is 12.9. The molecule has 1 aliphatic heterocycles. The van der Waals surface area contributed by atoms with Crippen LogP contribution < -0.4 is 11.2 Å². The van der Waals surface area contributed by atoms with Crippen LogP contribution in [0.3, 0.4) is 0 Å². The van der Waals surface area contributed by atoms with Crippen LogP contribution in [0.4, 0.5) is 0 Å². The molecule has 1 aliphatic rings. The van der Waals surface area contributed by atoms with E-state index in [1.165, 1.54) is 0 Å². The van der Waals surface area contributed by atoms with Gasteiger partial charge in [0.15, 0.2) is 0 Å². The van der Waals surface area contributed by atoms with Crippen molar-refractivity contribution in [1.29, 1.82) is 0 Å². The Morgan fingerprint density at radius 1 is 1.48 bits per heavy atom. The number of imidazole rings is 1. The maximum Gasteiger partial charge on any atom is 0.266 e. The van der Waals surface area contributed by atoms with E-state index in [4.69, 9.17) is 10.9 Å². The smallest absolute Gasteiger partial charge is 0.266 e. The van der Waals surface area contributed by atoms with Crippen molar-refractivity contribution in [2.75, 3.05) is 13.1 Å². The number of nitrogens with zero attached hydrogens (tertiary/aromatic N) is 2. The molecular formula is C19H27N5O3. The number of likely N-dealkylation sites (tertiary alicyclic amines) is 1. The van der Waals surface area contributed by atoms with Gasteiger partial charge in [0.2, 0.25) is 5.91 Å². The number of unbranched alkanes of at least 4 members (excludes halogenated alkanes) is 1. The quantitative estimate of drug-likeness (QED) is 0.331. The molecule has 2 atom stereocenters. The maximum absolute atomic E-state index is 13.2. The Kier molecular flexibility index (Phi) is 5.48. The Hall–Kier alpha value is -2.45. The first-order valence-electron chi connectivity index (χ1n) is 9.32. The minimum Gasteiger partial charge on any atom is -0.341 e. The molecule has 3 rings (SSSR count). The van der Waals surface area contributed by atoms with Crippen LogP contribution in [0.1, 0.15) is 44.0 Å². The summed E-state index contributed by atoms with van der Waals surface area (Å²) in [4.78, 5) is 34.9. The van der Waals surface area contributed by atoms with E-state index in [9.17, 15) is 9.59 Å². The van der Waals surface area contributed by atoms with Crippen LogP contribution in [0.25, 0.3) is 11.0 Å². The lowest BCUT2D eigenvalue weighted by molar-refractivity contribution is -0.144. The topological polar surface area (TPSA) is 124 Å². The van der Waals surface area contributed by atoms with Crippen molar-refractivity contribution in [2.24, 2.45) is 5.73 Å². The Bertz CT molecular complexity index is 849. The molecule has 0 saturated carbocycles. The van der Waals surface area contributed by atoms with Crippen LogP contribution in [0.5, 0.6) is 0 Å². The molecular weight excluding hydrogens is 346 g/mol. The van der Waals surface area contributed by atoms with Crippen LogP contribution in [0.15, 0.2) is 18.2 Å². The van der Waals surface area contributed by atoms with E-state index in [2.05, 4.69) is 9.97 Å². The molecule has 2 amide bonds. The molecule has 8 heteroatoms. The number of hydrogen-bond acceptors (Lipinski definition) is 5. The lowest BCUT2D eigenvalue weighted by atomic mass is 9.88. The highest BCUT2D eigenvalue weighted by Crippen LogP contribution is 2.36. The first-order valence-corrected chi connectivity index (χ1v) is 9.32. The van der Waals surface area contributed by atoms with Gasteiger partial charge in [0.05, 0.1) is 11.0 Å². The van der Waals surface area contributed by atoms with E-state index >= 15 is 0 Å². The van der Waals surface area contributed by atoms with Gasteiger partial charge >= 0.3 is 0 Å². The molecule has 5 N–H and O–H groups in total. The van der Waals surface area contributed by atoms with Crippen molar-refractivity contribution in [3.8, 4) is 0 Å². The van der Waals surface area contributed by atoms with Gasteiger partial charge in [0.1, 0.15) is 17.3 Å². The number of hydroxylamine groups is 1. The summed E-state index contributed by atoms with van der Waals surface area (Å²) in [7, 11) is 0. The molecule has 0 radical (unpaired) electrons. The van der Waals surface area contributed by atoms with E-state index in [0.717, 1.165) is 23.0 Å². The minimum atomic E-state index is -0.825. The molecule has 0 aliphatic carbocycles. The number of carbonyl (C=O) groups is 2. The van der Waals surface area contributed by atoms with Gasteiger partial charge in [-0.25, -0.2) is 10.5 Å². The number of H-pyrrole nitrogens is 1. The summed E-state index contributed by atoms with van der Waals surface area (Å²) in [5.41, 5.74) is 9.22. The molecule has 8 nitrogen and oxygen atoms in total. The maximum atomic E-state index is 13.2. The van der Waals surface area contributed by atoms with Gasteiger partial charge in [-0.15, -0.1) is 0 Å². The number of hydrogen-bond donors (Lipinski definition) is 4. The van der Waals surface area contributed by atoms with Crippen LogP contribution in [-0.2, 0) is 15.0 Å². The molecule has 27 heavy (non-hydrogen) atoms. The largest absolute Gasteiger partial charge is 0.341 e. The van der Waals surface area contributed by atoms with Crippen LogP contribution in [0, 0.1) is 6.92 Å². The van der Waals surface area contributed by atoms with Crippen molar-refractivity contribution >= 4 is 22.8 Å². The Morgan fingerprint density at radius 2 is 2.26 bits per heavy atom. The van der Waals surface area contributed by atoms with E-state index in [1.807, 2.05) is 32.0 Å². The second-order valence-electron chi connectivity index (χ2n) is 7.46. The molecule has 1 aromatic heterocycles. The number of fused-ring (bicyclic) bond motifs is 1. The summed E-state index contributed by atoms with van der Waals surface area (Å²) in [5, 5.41) is 9.10. The Labute approximate surface area is 158 Å². The zero-order valence-electron chi connectivity index (χ0n) is 15.8. The molecule has 0 bridgehead atoms. The average molecular weight is 373 g/mol. The second-order valence-corrected chi connectivity index (χ2v) is 7.46. The van der Waals surface area contributed by atoms with Crippen molar-refractivity contribution in [3.63, 3.8) is 0 Å². The highest BCUT2D eigenvalue weighted by Gasteiger charge is 2.49. The van der Waals surface area contributed by atoms with Crippen molar-refractivity contribution < 1.29 is 14.8 Å². The lowest BCUT2D eigenvalue weighted by Gasteiger charge is -2.28. The van der Waals surface area contributed by atoms with Gasteiger partial charge in [0, 0.05) is 6.54 Å². The van der Waals surface area contributed by atoms with Crippen molar-refractivity contribution in [1.82, 2.24) is 20.3 Å². The summed E-state index contributed by atoms with van der Waals surface area (Å²) in [5.74, 6) is -0.106.